The number of benzene rings is 1. The zero-order valence-electron chi connectivity index (χ0n) is 15.6. The van der Waals surface area contributed by atoms with Crippen LogP contribution in [0.5, 0.6) is 0 Å². The Hall–Kier alpha value is -2.88. The van der Waals surface area contributed by atoms with E-state index in [1.54, 1.807) is 0 Å². The lowest BCUT2D eigenvalue weighted by Crippen LogP contribution is -2.27. The van der Waals surface area contributed by atoms with Gasteiger partial charge in [0.25, 0.3) is 12.0 Å². The number of H-pyrrole nitrogens is 1. The molecule has 1 unspecified atom stereocenters. The number of aliphatic hydroxyl groups is 1. The normalized spacial score (nSPS) is 12.3. The van der Waals surface area contributed by atoms with Crippen LogP contribution in [0.1, 0.15) is 43.0 Å². The summed E-state index contributed by atoms with van der Waals surface area (Å²) < 4.78 is 39.7. The van der Waals surface area contributed by atoms with E-state index in [1.807, 2.05) is 13.8 Å². The van der Waals surface area contributed by atoms with Crippen LogP contribution in [0.2, 0.25) is 0 Å². The summed E-state index contributed by atoms with van der Waals surface area (Å²) >= 11 is 0. The molecule has 28 heavy (non-hydrogen) atoms. The molecule has 2 aromatic rings. The van der Waals surface area contributed by atoms with Gasteiger partial charge in [0.15, 0.2) is 0 Å². The molecule has 0 aliphatic rings. The lowest BCUT2D eigenvalue weighted by atomic mass is 9.94. The number of aromatic amines is 1. The first-order valence-corrected chi connectivity index (χ1v) is 8.54. The van der Waals surface area contributed by atoms with Crippen LogP contribution in [-0.2, 0) is 0 Å². The smallest absolute Gasteiger partial charge is 0.266 e. The van der Waals surface area contributed by atoms with Gasteiger partial charge in [-0.2, -0.15) is 4.98 Å². The van der Waals surface area contributed by atoms with Gasteiger partial charge in [0.1, 0.15) is 17.2 Å². The molecule has 7 nitrogen and oxygen atoms in total. The molecule has 2 rings (SSSR count). The van der Waals surface area contributed by atoms with Crippen molar-refractivity contribution in [3.05, 3.63) is 51.1 Å². The Bertz CT molecular complexity index is 915. The second-order valence-corrected chi connectivity index (χ2v) is 6.47. The van der Waals surface area contributed by atoms with E-state index >= 15 is 0 Å². The first-order valence-electron chi connectivity index (χ1n) is 8.54. The third-order valence-corrected chi connectivity index (χ3v) is 4.19. The average molecular weight is 397 g/mol. The molecule has 0 saturated carbocycles. The Morgan fingerprint density at radius 1 is 1.36 bits per heavy atom. The van der Waals surface area contributed by atoms with E-state index in [0.717, 1.165) is 12.1 Å². The summed E-state index contributed by atoms with van der Waals surface area (Å²) in [5.41, 5.74) is -1.45. The van der Waals surface area contributed by atoms with Crippen molar-refractivity contribution in [3.8, 4) is 0 Å². The molecule has 0 amide bonds. The SMILES string of the molecule is CNc1nc(NC(c2ccc(C(F)F)c(F)c2)C(C)C)c(C(=N)CO)c(=O)[nH]1. The molecule has 0 aliphatic heterocycles. The van der Waals surface area contributed by atoms with Gasteiger partial charge < -0.3 is 21.1 Å². The molecule has 1 aromatic heterocycles. The topological polar surface area (TPSA) is 114 Å². The van der Waals surface area contributed by atoms with Gasteiger partial charge in [-0.25, -0.2) is 13.2 Å². The first kappa shape index (κ1) is 21.4. The summed E-state index contributed by atoms with van der Waals surface area (Å²) in [4.78, 5) is 18.9. The van der Waals surface area contributed by atoms with E-state index in [4.69, 9.17) is 5.41 Å². The summed E-state index contributed by atoms with van der Waals surface area (Å²) in [6.45, 7) is 2.96. The number of nitrogens with one attached hydrogen (secondary N) is 4. The lowest BCUT2D eigenvalue weighted by Gasteiger charge is -2.25. The standard InChI is InChI=1S/C18H22F3N5O2/c1-8(2)14(9-4-5-10(15(20)21)11(19)6-9)24-16-13(12(22)7-27)17(28)26-18(23-3)25-16/h4-6,8,14-15,22,27H,7H2,1-3H3,(H3,23,24,25,26,28). The van der Waals surface area contributed by atoms with E-state index in [2.05, 4.69) is 20.6 Å². The van der Waals surface area contributed by atoms with Crippen molar-refractivity contribution in [2.45, 2.75) is 26.3 Å². The Kier molecular flexibility index (Phi) is 6.79. The molecule has 152 valence electrons. The van der Waals surface area contributed by atoms with Gasteiger partial charge in [0.05, 0.1) is 23.9 Å². The van der Waals surface area contributed by atoms with Gasteiger partial charge in [-0.15, -0.1) is 0 Å². The number of anilines is 2. The summed E-state index contributed by atoms with van der Waals surface area (Å²) in [7, 11) is 1.54. The summed E-state index contributed by atoms with van der Waals surface area (Å²) in [5.74, 6) is -1.03. The number of hydrogen-bond donors (Lipinski definition) is 5. The van der Waals surface area contributed by atoms with Crippen molar-refractivity contribution in [2.75, 3.05) is 24.3 Å². The van der Waals surface area contributed by atoms with E-state index in [0.29, 0.717) is 5.56 Å². The van der Waals surface area contributed by atoms with Crippen LogP contribution in [0.15, 0.2) is 23.0 Å². The van der Waals surface area contributed by atoms with Crippen molar-refractivity contribution < 1.29 is 18.3 Å². The minimum Gasteiger partial charge on any atom is -0.390 e. The van der Waals surface area contributed by atoms with Crippen LogP contribution in [0.3, 0.4) is 0 Å². The Morgan fingerprint density at radius 2 is 2.04 bits per heavy atom. The molecule has 1 heterocycles. The predicted octanol–water partition coefficient (Wildman–Crippen LogP) is 3.06. The van der Waals surface area contributed by atoms with Crippen molar-refractivity contribution in [3.63, 3.8) is 0 Å². The molecule has 0 spiro atoms. The number of nitrogens with zero attached hydrogens (tertiary/aromatic N) is 1. The number of halogens is 3. The van der Waals surface area contributed by atoms with Gasteiger partial charge >= 0.3 is 0 Å². The molecule has 0 aliphatic carbocycles. The molecular formula is C18H22F3N5O2. The second-order valence-electron chi connectivity index (χ2n) is 6.47. The number of alkyl halides is 2. The largest absolute Gasteiger partial charge is 0.390 e. The summed E-state index contributed by atoms with van der Waals surface area (Å²) in [6.07, 6.45) is -2.93. The third-order valence-electron chi connectivity index (χ3n) is 4.19. The Morgan fingerprint density at radius 3 is 2.54 bits per heavy atom. The fourth-order valence-electron chi connectivity index (χ4n) is 2.75. The molecule has 1 aromatic carbocycles. The van der Waals surface area contributed by atoms with Gasteiger partial charge in [-0.05, 0) is 17.5 Å². The monoisotopic (exact) mass is 397 g/mol. The van der Waals surface area contributed by atoms with Gasteiger partial charge in [-0.1, -0.05) is 26.0 Å². The van der Waals surface area contributed by atoms with Crippen molar-refractivity contribution >= 4 is 17.5 Å². The molecule has 5 N–H and O–H groups in total. The van der Waals surface area contributed by atoms with Crippen LogP contribution >= 0.6 is 0 Å². The maximum absolute atomic E-state index is 14.1. The predicted molar refractivity (Wildman–Crippen MR) is 101 cm³/mol. The highest BCUT2D eigenvalue weighted by Gasteiger charge is 2.23. The summed E-state index contributed by atoms with van der Waals surface area (Å²) in [6, 6.07) is 2.83. The lowest BCUT2D eigenvalue weighted by molar-refractivity contribution is 0.146. The molecular weight excluding hydrogens is 375 g/mol. The number of rotatable bonds is 8. The third kappa shape index (κ3) is 4.50. The highest BCUT2D eigenvalue weighted by Crippen LogP contribution is 2.30. The molecule has 0 bridgehead atoms. The van der Waals surface area contributed by atoms with Crippen LogP contribution in [0, 0.1) is 17.1 Å². The van der Waals surface area contributed by atoms with Crippen molar-refractivity contribution in [2.24, 2.45) is 5.92 Å². The van der Waals surface area contributed by atoms with Gasteiger partial charge in [-0.3, -0.25) is 9.78 Å². The molecule has 1 atom stereocenters. The van der Waals surface area contributed by atoms with Gasteiger partial charge in [0, 0.05) is 7.05 Å². The maximum atomic E-state index is 14.1. The minimum absolute atomic E-state index is 0.0178. The quantitative estimate of drug-likeness (QED) is 0.439. The molecule has 0 saturated heterocycles. The molecule has 0 radical (unpaired) electrons. The first-order chi connectivity index (χ1) is 13.2. The fraction of sp³-hybridized carbons (Fsp3) is 0.389. The number of hydrogen-bond acceptors (Lipinski definition) is 6. The molecule has 0 fully saturated rings. The average Bonchev–Trinajstić information content (AvgIpc) is 2.64. The van der Waals surface area contributed by atoms with Crippen LogP contribution in [0.25, 0.3) is 0 Å². The van der Waals surface area contributed by atoms with E-state index in [1.165, 1.54) is 13.1 Å². The van der Waals surface area contributed by atoms with Crippen LogP contribution in [0.4, 0.5) is 24.9 Å². The zero-order valence-corrected chi connectivity index (χ0v) is 15.6. The Balaban J connectivity index is 2.53. The van der Waals surface area contributed by atoms with Gasteiger partial charge in [0.2, 0.25) is 5.95 Å². The molecule has 10 heteroatoms. The van der Waals surface area contributed by atoms with Crippen LogP contribution < -0.4 is 16.2 Å². The van der Waals surface area contributed by atoms with E-state index in [9.17, 15) is 23.1 Å². The number of aromatic nitrogens is 2. The number of aliphatic hydroxyl groups excluding tert-OH is 1. The van der Waals surface area contributed by atoms with Crippen LogP contribution in [-0.4, -0.2) is 34.4 Å². The highest BCUT2D eigenvalue weighted by atomic mass is 19.3. The maximum Gasteiger partial charge on any atom is 0.266 e. The van der Waals surface area contributed by atoms with Crippen molar-refractivity contribution in [1.29, 1.82) is 5.41 Å². The van der Waals surface area contributed by atoms with E-state index in [-0.39, 0.29) is 29.0 Å². The second kappa shape index (κ2) is 8.87. The fourth-order valence-corrected chi connectivity index (χ4v) is 2.75. The van der Waals surface area contributed by atoms with E-state index < -0.39 is 36.0 Å². The summed E-state index contributed by atoms with van der Waals surface area (Å²) in [5, 5.41) is 22.8. The zero-order chi connectivity index (χ0) is 21.0. The highest BCUT2D eigenvalue weighted by molar-refractivity contribution is 6.02. The minimum atomic E-state index is -2.93. The van der Waals surface area contributed by atoms with Crippen molar-refractivity contribution in [1.82, 2.24) is 9.97 Å². The Labute approximate surface area is 159 Å².